The van der Waals surface area contributed by atoms with Crippen LogP contribution in [0.15, 0.2) is 18.2 Å². The molecule has 1 saturated heterocycles. The van der Waals surface area contributed by atoms with Gasteiger partial charge in [-0.3, -0.25) is 9.59 Å². The average molecular weight is 414 g/mol. The van der Waals surface area contributed by atoms with E-state index in [9.17, 15) is 14.9 Å². The second-order valence-corrected chi connectivity index (χ2v) is 8.82. The Hall–Kier alpha value is -2.36. The molecule has 0 unspecified atom stereocenters. The van der Waals surface area contributed by atoms with Crippen molar-refractivity contribution in [3.63, 3.8) is 0 Å². The number of halogens is 1. The number of hydrogen-bond acceptors (Lipinski definition) is 4. The number of nitriles is 1. The van der Waals surface area contributed by atoms with Gasteiger partial charge >= 0.3 is 0 Å². The summed E-state index contributed by atoms with van der Waals surface area (Å²) < 4.78 is 0. The van der Waals surface area contributed by atoms with E-state index in [-0.39, 0.29) is 18.2 Å². The van der Waals surface area contributed by atoms with E-state index in [0.717, 1.165) is 42.5 Å². The molecule has 28 heavy (non-hydrogen) atoms. The largest absolute Gasteiger partial charge is 0.316 e. The molecule has 2 heterocycles. The number of nitrogens with zero attached hydrogens (tertiary/aromatic N) is 2. The highest BCUT2D eigenvalue weighted by molar-refractivity contribution is 7.16. The average Bonchev–Trinajstić information content (AvgIpc) is 3.24. The van der Waals surface area contributed by atoms with Crippen molar-refractivity contribution in [1.82, 2.24) is 0 Å². The standard InChI is InChI=1S/C21H20ClN3O2S/c1-12-16(22)6-4-7-17(12)25-11-13(9-19(25)26)20(27)24-21-15(10-23)14-5-2-3-8-18(14)28-21/h4,6-7,13H,2-3,5,8-9,11H2,1H3,(H,24,27)/t13-/m1/s1. The maximum absolute atomic E-state index is 12.9. The second-order valence-electron chi connectivity index (χ2n) is 7.31. The Labute approximate surface area is 172 Å². The molecule has 4 rings (SSSR count). The minimum Gasteiger partial charge on any atom is -0.316 e. The SMILES string of the molecule is Cc1c(Cl)cccc1N1C[C@H](C(=O)Nc2sc3c(c2C#N)CCCC3)CC1=O. The van der Waals surface area contributed by atoms with Crippen LogP contribution in [0.5, 0.6) is 0 Å². The van der Waals surface area contributed by atoms with Gasteiger partial charge in [0.05, 0.1) is 11.5 Å². The molecule has 2 aromatic rings. The van der Waals surface area contributed by atoms with Crippen LogP contribution in [0.2, 0.25) is 5.02 Å². The first-order valence-electron chi connectivity index (χ1n) is 9.40. The van der Waals surface area contributed by atoms with Gasteiger partial charge in [0, 0.05) is 28.6 Å². The molecular formula is C21H20ClN3O2S. The van der Waals surface area contributed by atoms with Crippen LogP contribution in [-0.2, 0) is 22.4 Å². The van der Waals surface area contributed by atoms with Gasteiger partial charge in [0.25, 0.3) is 0 Å². The molecule has 0 spiro atoms. The van der Waals surface area contributed by atoms with Crippen LogP contribution in [0, 0.1) is 24.2 Å². The summed E-state index contributed by atoms with van der Waals surface area (Å²) in [6, 6.07) is 7.70. The summed E-state index contributed by atoms with van der Waals surface area (Å²) >= 11 is 7.69. The number of fused-ring (bicyclic) bond motifs is 1. The lowest BCUT2D eigenvalue weighted by molar-refractivity contribution is -0.122. The third kappa shape index (κ3) is 3.30. The van der Waals surface area contributed by atoms with Crippen molar-refractivity contribution in [1.29, 1.82) is 5.26 Å². The first-order valence-corrected chi connectivity index (χ1v) is 10.6. The molecule has 2 aliphatic rings. The third-order valence-electron chi connectivity index (χ3n) is 5.55. The topological polar surface area (TPSA) is 73.2 Å². The van der Waals surface area contributed by atoms with Crippen molar-refractivity contribution in [3.05, 3.63) is 44.8 Å². The lowest BCUT2D eigenvalue weighted by Gasteiger charge is -2.19. The number of hydrogen-bond donors (Lipinski definition) is 1. The number of nitrogens with one attached hydrogen (secondary N) is 1. The van der Waals surface area contributed by atoms with Crippen molar-refractivity contribution in [2.45, 2.75) is 39.0 Å². The smallest absolute Gasteiger partial charge is 0.230 e. The lowest BCUT2D eigenvalue weighted by atomic mass is 9.96. The number of amides is 2. The van der Waals surface area contributed by atoms with Crippen LogP contribution in [0.4, 0.5) is 10.7 Å². The summed E-state index contributed by atoms with van der Waals surface area (Å²) in [6.45, 7) is 2.19. The fourth-order valence-electron chi connectivity index (χ4n) is 3.99. The van der Waals surface area contributed by atoms with Crippen LogP contribution in [0.1, 0.15) is 40.8 Å². The summed E-state index contributed by atoms with van der Waals surface area (Å²) in [4.78, 5) is 28.2. The van der Waals surface area contributed by atoms with Gasteiger partial charge in [0.2, 0.25) is 11.8 Å². The lowest BCUT2D eigenvalue weighted by Crippen LogP contribution is -2.28. The quantitative estimate of drug-likeness (QED) is 0.807. The summed E-state index contributed by atoms with van der Waals surface area (Å²) in [6.07, 6.45) is 4.22. The Morgan fingerprint density at radius 3 is 2.93 bits per heavy atom. The molecule has 1 aromatic heterocycles. The number of carbonyl (C=O) groups excluding carboxylic acids is 2. The molecular weight excluding hydrogens is 394 g/mol. The molecule has 2 amide bonds. The minimum absolute atomic E-state index is 0.0866. The zero-order chi connectivity index (χ0) is 19.8. The maximum atomic E-state index is 12.9. The van der Waals surface area contributed by atoms with Crippen molar-refractivity contribution < 1.29 is 9.59 Å². The normalized spacial score (nSPS) is 18.7. The maximum Gasteiger partial charge on any atom is 0.230 e. The summed E-state index contributed by atoms with van der Waals surface area (Å²) in [7, 11) is 0. The molecule has 1 fully saturated rings. The van der Waals surface area contributed by atoms with Crippen LogP contribution in [0.25, 0.3) is 0 Å². The molecule has 1 aliphatic carbocycles. The highest BCUT2D eigenvalue weighted by Gasteiger charge is 2.36. The molecule has 0 saturated carbocycles. The van der Waals surface area contributed by atoms with Crippen molar-refractivity contribution in [2.75, 3.05) is 16.8 Å². The van der Waals surface area contributed by atoms with E-state index in [1.165, 1.54) is 16.2 Å². The highest BCUT2D eigenvalue weighted by Crippen LogP contribution is 2.38. The van der Waals surface area contributed by atoms with Gasteiger partial charge in [0.15, 0.2) is 0 Å². The summed E-state index contributed by atoms with van der Waals surface area (Å²) in [5.74, 6) is -0.737. The van der Waals surface area contributed by atoms with E-state index in [1.54, 1.807) is 17.0 Å². The van der Waals surface area contributed by atoms with Crippen molar-refractivity contribution >= 4 is 45.4 Å². The fraction of sp³-hybridized carbons (Fsp3) is 0.381. The van der Waals surface area contributed by atoms with E-state index >= 15 is 0 Å². The van der Waals surface area contributed by atoms with E-state index in [1.807, 2.05) is 13.0 Å². The summed E-state index contributed by atoms with van der Waals surface area (Å²) in [5.41, 5.74) is 3.26. The van der Waals surface area contributed by atoms with Gasteiger partial charge in [-0.25, -0.2) is 0 Å². The van der Waals surface area contributed by atoms with Gasteiger partial charge in [-0.15, -0.1) is 11.3 Å². The van der Waals surface area contributed by atoms with Gasteiger partial charge < -0.3 is 10.2 Å². The van der Waals surface area contributed by atoms with Crippen molar-refractivity contribution in [2.24, 2.45) is 5.92 Å². The Balaban J connectivity index is 1.53. The molecule has 1 aromatic carbocycles. The van der Waals surface area contributed by atoms with E-state index in [0.29, 0.717) is 22.1 Å². The molecule has 1 N–H and O–H groups in total. The van der Waals surface area contributed by atoms with Gasteiger partial charge in [0.1, 0.15) is 11.1 Å². The third-order valence-corrected chi connectivity index (χ3v) is 7.16. The number of carbonyl (C=O) groups is 2. The molecule has 144 valence electrons. The highest BCUT2D eigenvalue weighted by atomic mass is 35.5. The number of aryl methyl sites for hydroxylation is 1. The Bertz CT molecular complexity index is 1010. The van der Waals surface area contributed by atoms with Gasteiger partial charge in [-0.05, 0) is 55.9 Å². The van der Waals surface area contributed by atoms with Crippen LogP contribution in [0.3, 0.4) is 0 Å². The first kappa shape index (κ1) is 19.0. The summed E-state index contributed by atoms with van der Waals surface area (Å²) in [5, 5.41) is 13.7. The van der Waals surface area contributed by atoms with Crippen LogP contribution < -0.4 is 10.2 Å². The number of benzene rings is 1. The predicted octanol–water partition coefficient (Wildman–Crippen LogP) is 4.45. The van der Waals surface area contributed by atoms with E-state index in [2.05, 4.69) is 11.4 Å². The zero-order valence-electron chi connectivity index (χ0n) is 15.5. The van der Waals surface area contributed by atoms with Gasteiger partial charge in [-0.2, -0.15) is 5.26 Å². The Morgan fingerprint density at radius 2 is 2.14 bits per heavy atom. The molecule has 5 nitrogen and oxygen atoms in total. The molecule has 1 atom stereocenters. The van der Waals surface area contributed by atoms with Crippen molar-refractivity contribution in [3.8, 4) is 6.07 Å². The van der Waals surface area contributed by atoms with Gasteiger partial charge in [-0.1, -0.05) is 17.7 Å². The first-order chi connectivity index (χ1) is 13.5. The molecule has 0 radical (unpaired) electrons. The number of rotatable bonds is 3. The van der Waals surface area contributed by atoms with E-state index < -0.39 is 5.92 Å². The van der Waals surface area contributed by atoms with Crippen LogP contribution in [-0.4, -0.2) is 18.4 Å². The zero-order valence-corrected chi connectivity index (χ0v) is 17.1. The molecule has 7 heteroatoms. The minimum atomic E-state index is -0.448. The predicted molar refractivity (Wildman–Crippen MR) is 111 cm³/mol. The monoisotopic (exact) mass is 413 g/mol. The Kier molecular flexibility index (Phi) is 5.13. The molecule has 1 aliphatic heterocycles. The molecule has 0 bridgehead atoms. The van der Waals surface area contributed by atoms with Crippen LogP contribution >= 0.6 is 22.9 Å². The number of thiophene rings is 1. The number of anilines is 2. The second kappa shape index (κ2) is 7.57. The van der Waals surface area contributed by atoms with E-state index in [4.69, 9.17) is 11.6 Å². The fourth-order valence-corrected chi connectivity index (χ4v) is 5.40. The Morgan fingerprint density at radius 1 is 1.36 bits per heavy atom.